The second-order valence-electron chi connectivity index (χ2n) is 3.28. The minimum Gasteiger partial charge on any atom is -0.422 e. The first kappa shape index (κ1) is 10.9. The quantitative estimate of drug-likeness (QED) is 0.315. The molecule has 2 rings (SSSR count). The van der Waals surface area contributed by atoms with E-state index in [0.717, 1.165) is 6.20 Å². The average Bonchev–Trinajstić information content (AvgIpc) is 2.28. The van der Waals surface area contributed by atoms with Crippen LogP contribution in [0.15, 0.2) is 36.0 Å². The zero-order chi connectivity index (χ0) is 12.4. The highest BCUT2D eigenvalue weighted by molar-refractivity contribution is 6.27. The lowest BCUT2D eigenvalue weighted by Gasteiger charge is -2.16. The van der Waals surface area contributed by atoms with Crippen molar-refractivity contribution in [1.82, 2.24) is 5.32 Å². The number of nitrogens with one attached hydrogen (secondary N) is 1. The lowest BCUT2D eigenvalue weighted by molar-refractivity contribution is -0.130. The van der Waals surface area contributed by atoms with Gasteiger partial charge in [0.05, 0.1) is 5.56 Å². The second-order valence-corrected chi connectivity index (χ2v) is 3.28. The number of para-hydroxylation sites is 1. The molecule has 0 fully saturated rings. The van der Waals surface area contributed by atoms with E-state index >= 15 is 0 Å². The van der Waals surface area contributed by atoms with E-state index in [1.807, 2.05) is 0 Å². The Morgan fingerprint density at radius 2 is 2.00 bits per heavy atom. The van der Waals surface area contributed by atoms with E-state index in [4.69, 9.17) is 10.5 Å². The summed E-state index contributed by atoms with van der Waals surface area (Å²) in [5.41, 5.74) is 4.84. The fraction of sp³-hybridized carbons (Fsp3) is 0. The van der Waals surface area contributed by atoms with Crippen LogP contribution in [0, 0.1) is 0 Å². The number of benzene rings is 1. The van der Waals surface area contributed by atoms with Crippen molar-refractivity contribution in [2.45, 2.75) is 0 Å². The number of ketones is 1. The Morgan fingerprint density at radius 1 is 1.29 bits per heavy atom. The second kappa shape index (κ2) is 4.09. The third-order valence-corrected chi connectivity index (χ3v) is 2.16. The fourth-order valence-electron chi connectivity index (χ4n) is 1.40. The van der Waals surface area contributed by atoms with Gasteiger partial charge in [-0.25, -0.2) is 9.59 Å². The van der Waals surface area contributed by atoms with Gasteiger partial charge in [0.25, 0.3) is 0 Å². The standard InChI is InChI=1S/C11H8N2O4/c12-11(16)13-5-7-9(14)6-3-1-2-4-8(6)17-10(7)15/h1-5H,(H3,12,13,16)/b7-5-. The number of esters is 1. The molecule has 17 heavy (non-hydrogen) atoms. The van der Waals surface area contributed by atoms with Crippen molar-refractivity contribution in [3.8, 4) is 5.75 Å². The summed E-state index contributed by atoms with van der Waals surface area (Å²) in [5.74, 6) is -1.12. The number of urea groups is 1. The van der Waals surface area contributed by atoms with Gasteiger partial charge in [-0.1, -0.05) is 12.1 Å². The topological polar surface area (TPSA) is 98.5 Å². The molecule has 0 saturated carbocycles. The first-order valence-corrected chi connectivity index (χ1v) is 4.71. The fourth-order valence-corrected chi connectivity index (χ4v) is 1.40. The van der Waals surface area contributed by atoms with Gasteiger partial charge in [0, 0.05) is 6.20 Å². The number of amides is 2. The highest BCUT2D eigenvalue weighted by Crippen LogP contribution is 2.26. The molecule has 1 heterocycles. The van der Waals surface area contributed by atoms with Crippen LogP contribution in [0.3, 0.4) is 0 Å². The Morgan fingerprint density at radius 3 is 2.71 bits per heavy atom. The number of fused-ring (bicyclic) bond motifs is 1. The van der Waals surface area contributed by atoms with Gasteiger partial charge in [-0.3, -0.25) is 4.79 Å². The Kier molecular flexibility index (Phi) is 2.61. The van der Waals surface area contributed by atoms with Crippen LogP contribution in [0.4, 0.5) is 4.79 Å². The van der Waals surface area contributed by atoms with Crippen LogP contribution < -0.4 is 15.8 Å². The number of hydrogen-bond donors (Lipinski definition) is 2. The summed E-state index contributed by atoms with van der Waals surface area (Å²) in [6.45, 7) is 0. The monoisotopic (exact) mass is 232 g/mol. The number of rotatable bonds is 1. The highest BCUT2D eigenvalue weighted by Gasteiger charge is 2.30. The number of carbonyl (C=O) groups excluding carboxylic acids is 3. The van der Waals surface area contributed by atoms with E-state index in [-0.39, 0.29) is 16.9 Å². The third kappa shape index (κ3) is 2.00. The minimum atomic E-state index is -0.864. The van der Waals surface area contributed by atoms with E-state index in [2.05, 4.69) is 5.32 Å². The number of primary amides is 1. The van der Waals surface area contributed by atoms with Gasteiger partial charge in [-0.05, 0) is 12.1 Å². The van der Waals surface area contributed by atoms with Crippen LogP contribution in [0.1, 0.15) is 10.4 Å². The highest BCUT2D eigenvalue weighted by atomic mass is 16.5. The van der Waals surface area contributed by atoms with Crippen LogP contribution in [0.5, 0.6) is 5.75 Å². The number of nitrogens with two attached hydrogens (primary N) is 1. The SMILES string of the molecule is NC(=O)N/C=C1\C(=O)Oc2ccccc2C1=O. The van der Waals surface area contributed by atoms with Crippen LogP contribution in [0.25, 0.3) is 0 Å². The van der Waals surface area contributed by atoms with E-state index < -0.39 is 17.8 Å². The molecule has 1 aliphatic heterocycles. The maximum atomic E-state index is 11.9. The predicted octanol–water partition coefficient (Wildman–Crippen LogP) is 0.340. The van der Waals surface area contributed by atoms with Gasteiger partial charge in [-0.2, -0.15) is 0 Å². The lowest BCUT2D eigenvalue weighted by atomic mass is 10.0. The molecule has 0 bridgehead atoms. The van der Waals surface area contributed by atoms with Gasteiger partial charge in [0.15, 0.2) is 0 Å². The molecular weight excluding hydrogens is 224 g/mol. The number of hydrogen-bond acceptors (Lipinski definition) is 4. The first-order valence-electron chi connectivity index (χ1n) is 4.71. The van der Waals surface area contributed by atoms with E-state index in [9.17, 15) is 14.4 Å². The summed E-state index contributed by atoms with van der Waals surface area (Å²) < 4.78 is 4.93. The Balaban J connectivity index is 2.40. The zero-order valence-corrected chi connectivity index (χ0v) is 8.60. The van der Waals surface area contributed by atoms with Crippen LogP contribution in [-0.4, -0.2) is 17.8 Å². The molecular formula is C11H8N2O4. The van der Waals surface area contributed by atoms with Crippen LogP contribution >= 0.6 is 0 Å². The van der Waals surface area contributed by atoms with Crippen LogP contribution in [0.2, 0.25) is 0 Å². The average molecular weight is 232 g/mol. The Bertz CT molecular complexity index is 548. The summed E-state index contributed by atoms with van der Waals surface area (Å²) in [6.07, 6.45) is 0.947. The lowest BCUT2D eigenvalue weighted by Crippen LogP contribution is -2.30. The molecule has 0 radical (unpaired) electrons. The summed E-state index contributed by atoms with van der Waals surface area (Å²) in [4.78, 5) is 33.9. The maximum Gasteiger partial charge on any atom is 0.349 e. The largest absolute Gasteiger partial charge is 0.422 e. The molecule has 0 atom stereocenters. The maximum absolute atomic E-state index is 11.9. The minimum absolute atomic E-state index is 0.207. The van der Waals surface area contributed by atoms with Crippen molar-refractivity contribution in [2.24, 2.45) is 5.73 Å². The number of ether oxygens (including phenoxy) is 1. The molecule has 86 valence electrons. The molecule has 6 heteroatoms. The van der Waals surface area contributed by atoms with Gasteiger partial charge >= 0.3 is 12.0 Å². The predicted molar refractivity (Wildman–Crippen MR) is 57.2 cm³/mol. The summed E-state index contributed by atoms with van der Waals surface area (Å²) in [5, 5.41) is 2.06. The van der Waals surface area contributed by atoms with Crippen molar-refractivity contribution in [3.05, 3.63) is 41.6 Å². The summed E-state index contributed by atoms with van der Waals surface area (Å²) >= 11 is 0. The smallest absolute Gasteiger partial charge is 0.349 e. The number of carbonyl (C=O) groups is 3. The molecule has 0 aliphatic carbocycles. The molecule has 1 aromatic carbocycles. The van der Waals surface area contributed by atoms with Crippen molar-refractivity contribution in [2.75, 3.05) is 0 Å². The Labute approximate surface area is 96.0 Å². The van der Waals surface area contributed by atoms with Gasteiger partial charge in [0.1, 0.15) is 11.3 Å². The van der Waals surface area contributed by atoms with Crippen molar-refractivity contribution < 1.29 is 19.1 Å². The Hall–Kier alpha value is -2.63. The molecule has 1 aliphatic rings. The van der Waals surface area contributed by atoms with E-state index in [1.54, 1.807) is 12.1 Å². The van der Waals surface area contributed by atoms with Gasteiger partial charge < -0.3 is 15.8 Å². The van der Waals surface area contributed by atoms with E-state index in [0.29, 0.717) is 0 Å². The van der Waals surface area contributed by atoms with Crippen LogP contribution in [-0.2, 0) is 4.79 Å². The first-order chi connectivity index (χ1) is 8.09. The van der Waals surface area contributed by atoms with Gasteiger partial charge in [-0.15, -0.1) is 0 Å². The molecule has 0 aromatic heterocycles. The molecule has 0 unspecified atom stereocenters. The normalized spacial score (nSPS) is 16.4. The third-order valence-electron chi connectivity index (χ3n) is 2.16. The van der Waals surface area contributed by atoms with Gasteiger partial charge in [0.2, 0.25) is 5.78 Å². The summed E-state index contributed by atoms with van der Waals surface area (Å²) in [7, 11) is 0. The van der Waals surface area contributed by atoms with Crippen molar-refractivity contribution in [3.63, 3.8) is 0 Å². The zero-order valence-electron chi connectivity index (χ0n) is 8.60. The van der Waals surface area contributed by atoms with Crippen molar-refractivity contribution >= 4 is 17.8 Å². The summed E-state index contributed by atoms with van der Waals surface area (Å²) in [6, 6.07) is 5.48. The molecule has 0 saturated heterocycles. The number of Topliss-reactive ketones (excluding diaryl/α,β-unsaturated/α-hetero) is 1. The molecule has 0 spiro atoms. The molecule has 1 aromatic rings. The van der Waals surface area contributed by atoms with E-state index in [1.165, 1.54) is 12.1 Å². The molecule has 3 N–H and O–H groups in total. The van der Waals surface area contributed by atoms with Crippen molar-refractivity contribution in [1.29, 1.82) is 0 Å². The molecule has 2 amide bonds. The molecule has 6 nitrogen and oxygen atoms in total.